The summed E-state index contributed by atoms with van der Waals surface area (Å²) in [6.45, 7) is 3.90. The van der Waals surface area contributed by atoms with E-state index in [0.29, 0.717) is 11.3 Å². The van der Waals surface area contributed by atoms with Gasteiger partial charge in [-0.05, 0) is 43.7 Å². The van der Waals surface area contributed by atoms with Crippen molar-refractivity contribution in [1.29, 1.82) is 0 Å². The summed E-state index contributed by atoms with van der Waals surface area (Å²) in [5.41, 5.74) is -0.519. The molecule has 2 aliphatic heterocycles. The first kappa shape index (κ1) is 17.5. The molecule has 1 atom stereocenters. The largest absolute Gasteiger partial charge is 0.508 e. The van der Waals surface area contributed by atoms with E-state index in [2.05, 4.69) is 4.98 Å². The topological polar surface area (TPSA) is 91.3 Å². The van der Waals surface area contributed by atoms with E-state index >= 15 is 0 Å². The van der Waals surface area contributed by atoms with Crippen LogP contribution in [0.4, 0.5) is 4.39 Å². The van der Waals surface area contributed by atoms with Gasteiger partial charge in [0.15, 0.2) is 0 Å². The SMILES string of the molecule is CC1(C)Oc2cc(O)ccc2C2C1=CCn1c(=O)n(-c3cccc(F)n3)c(=O)n12. The van der Waals surface area contributed by atoms with Gasteiger partial charge < -0.3 is 9.84 Å². The Bertz CT molecular complexity index is 1310. The average Bonchev–Trinajstić information content (AvgIpc) is 2.91. The van der Waals surface area contributed by atoms with Gasteiger partial charge in [-0.1, -0.05) is 12.1 Å². The number of phenolic OH excluding ortho intramolecular Hbond substituents is 1. The molecule has 0 saturated heterocycles. The van der Waals surface area contributed by atoms with Crippen molar-refractivity contribution in [2.24, 2.45) is 0 Å². The van der Waals surface area contributed by atoms with Gasteiger partial charge in [-0.3, -0.25) is 0 Å². The van der Waals surface area contributed by atoms with Crippen molar-refractivity contribution in [3.8, 4) is 17.3 Å². The Labute approximate surface area is 163 Å². The molecule has 148 valence electrons. The Morgan fingerprint density at radius 1 is 1.21 bits per heavy atom. The third-order valence-electron chi connectivity index (χ3n) is 5.36. The summed E-state index contributed by atoms with van der Waals surface area (Å²) in [5.74, 6) is -0.390. The van der Waals surface area contributed by atoms with Gasteiger partial charge >= 0.3 is 11.4 Å². The maximum Gasteiger partial charge on any atom is 0.353 e. The van der Waals surface area contributed by atoms with Crippen LogP contribution in [-0.2, 0) is 6.54 Å². The van der Waals surface area contributed by atoms with Gasteiger partial charge in [-0.25, -0.2) is 23.9 Å². The summed E-state index contributed by atoms with van der Waals surface area (Å²) in [4.78, 5) is 30.0. The normalized spacial score (nSPS) is 18.9. The van der Waals surface area contributed by atoms with Crippen LogP contribution in [0.15, 0.2) is 57.6 Å². The number of nitrogens with zero attached hydrogens (tertiary/aromatic N) is 4. The van der Waals surface area contributed by atoms with Crippen molar-refractivity contribution < 1.29 is 14.2 Å². The van der Waals surface area contributed by atoms with Crippen LogP contribution in [0.25, 0.3) is 5.82 Å². The zero-order chi connectivity index (χ0) is 20.5. The lowest BCUT2D eigenvalue weighted by atomic mass is 9.83. The monoisotopic (exact) mass is 396 g/mol. The highest BCUT2D eigenvalue weighted by molar-refractivity contribution is 5.50. The number of hydrogen-bond donors (Lipinski definition) is 1. The molecular weight excluding hydrogens is 379 g/mol. The van der Waals surface area contributed by atoms with E-state index in [0.717, 1.165) is 16.2 Å². The van der Waals surface area contributed by atoms with Gasteiger partial charge in [-0.15, -0.1) is 0 Å². The van der Waals surface area contributed by atoms with Crippen molar-refractivity contribution in [2.45, 2.75) is 32.0 Å². The highest BCUT2D eigenvalue weighted by Gasteiger charge is 2.43. The van der Waals surface area contributed by atoms with Crippen LogP contribution < -0.4 is 16.1 Å². The highest BCUT2D eigenvalue weighted by atomic mass is 19.1. The maximum atomic E-state index is 13.6. The first-order valence-corrected chi connectivity index (χ1v) is 9.08. The Kier molecular flexibility index (Phi) is 3.43. The number of hydrogen-bond acceptors (Lipinski definition) is 5. The van der Waals surface area contributed by atoms with Crippen LogP contribution in [0, 0.1) is 5.95 Å². The number of fused-ring (bicyclic) bond motifs is 5. The molecule has 9 heteroatoms. The summed E-state index contributed by atoms with van der Waals surface area (Å²) < 4.78 is 23.2. The van der Waals surface area contributed by atoms with Crippen molar-refractivity contribution in [2.75, 3.05) is 0 Å². The molecule has 4 heterocycles. The van der Waals surface area contributed by atoms with Crippen molar-refractivity contribution >= 4 is 0 Å². The van der Waals surface area contributed by atoms with Gasteiger partial charge in [0.25, 0.3) is 0 Å². The third-order valence-corrected chi connectivity index (χ3v) is 5.36. The molecule has 0 bridgehead atoms. The molecule has 1 unspecified atom stereocenters. The van der Waals surface area contributed by atoms with Gasteiger partial charge in [0.1, 0.15) is 29.0 Å². The standard InChI is InChI=1S/C20H17FN4O4/c1-20(2)13-8-9-23-18(27)24(16-5-3-4-15(21)22-16)19(28)25(23)17(13)12-7-6-11(26)10-14(12)29-20/h3-8,10,17,26H,9H2,1-2H3. The van der Waals surface area contributed by atoms with Crippen molar-refractivity contribution in [3.63, 3.8) is 0 Å². The number of pyridine rings is 1. The zero-order valence-electron chi connectivity index (χ0n) is 15.7. The fourth-order valence-electron chi connectivity index (χ4n) is 4.10. The quantitative estimate of drug-likeness (QED) is 0.500. The number of benzene rings is 1. The lowest BCUT2D eigenvalue weighted by molar-refractivity contribution is 0.113. The molecule has 0 fully saturated rings. The van der Waals surface area contributed by atoms with Crippen LogP contribution in [0.2, 0.25) is 0 Å². The Balaban J connectivity index is 1.80. The summed E-state index contributed by atoms with van der Waals surface area (Å²) in [5, 5.41) is 9.86. The molecule has 5 rings (SSSR count). The van der Waals surface area contributed by atoms with E-state index in [4.69, 9.17) is 4.74 Å². The molecule has 8 nitrogen and oxygen atoms in total. The fraction of sp³-hybridized carbons (Fsp3) is 0.250. The molecule has 29 heavy (non-hydrogen) atoms. The number of ether oxygens (including phenoxy) is 1. The predicted octanol–water partition coefficient (Wildman–Crippen LogP) is 1.74. The summed E-state index contributed by atoms with van der Waals surface area (Å²) in [7, 11) is 0. The lowest BCUT2D eigenvalue weighted by Gasteiger charge is -2.42. The summed E-state index contributed by atoms with van der Waals surface area (Å²) in [6.07, 6.45) is 1.87. The van der Waals surface area contributed by atoms with Crippen molar-refractivity contribution in [1.82, 2.24) is 18.9 Å². The van der Waals surface area contributed by atoms with Gasteiger partial charge in [-0.2, -0.15) is 8.96 Å². The average molecular weight is 396 g/mol. The van der Waals surface area contributed by atoms with Crippen LogP contribution in [0.1, 0.15) is 25.5 Å². The molecule has 0 aliphatic carbocycles. The number of allylic oxidation sites excluding steroid dienone is 1. The molecular formula is C20H17FN4O4. The minimum Gasteiger partial charge on any atom is -0.508 e. The lowest BCUT2D eigenvalue weighted by Crippen LogP contribution is -2.46. The number of aromatic hydroxyl groups is 1. The van der Waals surface area contributed by atoms with Crippen molar-refractivity contribution in [3.05, 3.63) is 80.5 Å². The molecule has 0 radical (unpaired) electrons. The van der Waals surface area contributed by atoms with E-state index in [1.54, 1.807) is 6.07 Å². The number of rotatable bonds is 1. The van der Waals surface area contributed by atoms with Crippen LogP contribution in [0.5, 0.6) is 11.5 Å². The summed E-state index contributed by atoms with van der Waals surface area (Å²) >= 11 is 0. The smallest absolute Gasteiger partial charge is 0.353 e. The second-order valence-corrected chi connectivity index (χ2v) is 7.54. The van der Waals surface area contributed by atoms with Gasteiger partial charge in [0, 0.05) is 11.6 Å². The molecule has 2 aromatic heterocycles. The van der Waals surface area contributed by atoms with E-state index in [1.165, 1.54) is 33.6 Å². The molecule has 3 aromatic rings. The second kappa shape index (κ2) is 5.69. The Hall–Kier alpha value is -3.62. The van der Waals surface area contributed by atoms with E-state index in [9.17, 15) is 19.1 Å². The minimum absolute atomic E-state index is 0.0362. The second-order valence-electron chi connectivity index (χ2n) is 7.54. The highest BCUT2D eigenvalue weighted by Crippen LogP contribution is 2.46. The van der Waals surface area contributed by atoms with E-state index in [-0.39, 0.29) is 18.1 Å². The minimum atomic E-state index is -0.783. The van der Waals surface area contributed by atoms with Crippen LogP contribution >= 0.6 is 0 Å². The first-order chi connectivity index (χ1) is 13.8. The van der Waals surface area contributed by atoms with E-state index in [1.807, 2.05) is 19.9 Å². The molecule has 0 spiro atoms. The molecule has 0 amide bonds. The van der Waals surface area contributed by atoms with Crippen LogP contribution in [-0.4, -0.2) is 29.6 Å². The fourth-order valence-corrected chi connectivity index (χ4v) is 4.10. The Morgan fingerprint density at radius 3 is 2.76 bits per heavy atom. The predicted molar refractivity (Wildman–Crippen MR) is 101 cm³/mol. The number of aromatic nitrogens is 4. The van der Waals surface area contributed by atoms with Gasteiger partial charge in [0.05, 0.1) is 6.54 Å². The molecule has 1 N–H and O–H groups in total. The molecule has 2 aliphatic rings. The summed E-state index contributed by atoms with van der Waals surface area (Å²) in [6, 6.07) is 8.01. The maximum absolute atomic E-state index is 13.6. The van der Waals surface area contributed by atoms with Crippen LogP contribution in [0.3, 0.4) is 0 Å². The molecule has 1 aromatic carbocycles. The zero-order valence-corrected chi connectivity index (χ0v) is 15.7. The molecule has 0 saturated carbocycles. The van der Waals surface area contributed by atoms with E-state index < -0.39 is 29.0 Å². The third kappa shape index (κ3) is 2.40. The first-order valence-electron chi connectivity index (χ1n) is 9.08. The van der Waals surface area contributed by atoms with Gasteiger partial charge in [0.2, 0.25) is 5.95 Å². The number of phenols is 1. The Morgan fingerprint density at radius 2 is 2.00 bits per heavy atom. The number of halogens is 1.